The number of aromatic nitrogens is 1. The Labute approximate surface area is 206 Å². The van der Waals surface area contributed by atoms with Crippen LogP contribution in [0.15, 0.2) is 60.7 Å². The Morgan fingerprint density at radius 1 is 0.943 bits per heavy atom. The molecule has 0 saturated heterocycles. The van der Waals surface area contributed by atoms with Gasteiger partial charge in [-0.25, -0.2) is 9.78 Å². The van der Waals surface area contributed by atoms with Crippen molar-refractivity contribution in [2.24, 2.45) is 0 Å². The molecule has 0 aliphatic heterocycles. The number of aryl methyl sites for hydroxylation is 2. The van der Waals surface area contributed by atoms with E-state index in [1.165, 1.54) is 11.1 Å². The SMILES string of the molecule is Cc1ccc(CCCC(=O)OC(C)(C)C)c(NC(=O)OCC2c3ccccc3-c3ccccc32)n1. The minimum absolute atomic E-state index is 0.00748. The standard InChI is InChI=1S/C29H32N2O4/c1-19-16-17-20(10-9-15-26(32)35-29(2,3)4)27(30-19)31-28(33)34-18-25-23-13-7-5-11-21(23)22-12-6-8-14-24(22)25/h5-8,11-14,16-17,25H,9-10,15,18H2,1-4H3,(H,30,31,33). The molecule has 4 rings (SSSR count). The molecule has 182 valence electrons. The topological polar surface area (TPSA) is 77.5 Å². The number of anilines is 1. The first-order valence-electron chi connectivity index (χ1n) is 12.0. The highest BCUT2D eigenvalue weighted by Crippen LogP contribution is 2.44. The van der Waals surface area contributed by atoms with Gasteiger partial charge in [0.05, 0.1) is 0 Å². The van der Waals surface area contributed by atoms with Crippen LogP contribution >= 0.6 is 0 Å². The van der Waals surface area contributed by atoms with Gasteiger partial charge in [-0.3, -0.25) is 10.1 Å². The number of hydrogen-bond donors (Lipinski definition) is 1. The largest absolute Gasteiger partial charge is 0.460 e. The molecule has 0 saturated carbocycles. The fraction of sp³-hybridized carbons (Fsp3) is 0.345. The van der Waals surface area contributed by atoms with Gasteiger partial charge in [-0.2, -0.15) is 0 Å². The molecule has 1 heterocycles. The first-order valence-corrected chi connectivity index (χ1v) is 12.0. The molecule has 0 unspecified atom stereocenters. The number of nitrogens with zero attached hydrogens (tertiary/aromatic N) is 1. The number of amides is 1. The quantitative estimate of drug-likeness (QED) is 0.402. The molecule has 0 fully saturated rings. The van der Waals surface area contributed by atoms with Crippen molar-refractivity contribution in [2.45, 2.75) is 58.5 Å². The van der Waals surface area contributed by atoms with Crippen molar-refractivity contribution in [2.75, 3.05) is 11.9 Å². The van der Waals surface area contributed by atoms with Crippen molar-refractivity contribution < 1.29 is 19.1 Å². The maximum absolute atomic E-state index is 12.7. The number of hydrogen-bond acceptors (Lipinski definition) is 5. The summed E-state index contributed by atoms with van der Waals surface area (Å²) in [5.41, 5.74) is 5.84. The maximum atomic E-state index is 12.7. The Hall–Kier alpha value is -3.67. The zero-order chi connectivity index (χ0) is 25.0. The smallest absolute Gasteiger partial charge is 0.412 e. The Kier molecular flexibility index (Phi) is 7.20. The van der Waals surface area contributed by atoms with Crippen LogP contribution in [0.4, 0.5) is 10.6 Å². The van der Waals surface area contributed by atoms with Crippen LogP contribution in [-0.2, 0) is 20.7 Å². The number of rotatable bonds is 7. The number of nitrogens with one attached hydrogen (secondary N) is 1. The van der Waals surface area contributed by atoms with Gasteiger partial charge in [-0.05, 0) is 74.4 Å². The molecule has 0 spiro atoms. The van der Waals surface area contributed by atoms with Crippen molar-refractivity contribution in [1.29, 1.82) is 0 Å². The van der Waals surface area contributed by atoms with Crippen molar-refractivity contribution in [3.05, 3.63) is 83.0 Å². The average molecular weight is 473 g/mol. The van der Waals surface area contributed by atoms with Gasteiger partial charge in [0.15, 0.2) is 0 Å². The van der Waals surface area contributed by atoms with Gasteiger partial charge in [0.2, 0.25) is 0 Å². The first-order chi connectivity index (χ1) is 16.7. The molecular weight excluding hydrogens is 440 g/mol. The Balaban J connectivity index is 1.38. The minimum Gasteiger partial charge on any atom is -0.460 e. The lowest BCUT2D eigenvalue weighted by molar-refractivity contribution is -0.154. The summed E-state index contributed by atoms with van der Waals surface area (Å²) in [6.45, 7) is 7.66. The van der Waals surface area contributed by atoms with Crippen LogP contribution in [-0.4, -0.2) is 29.3 Å². The van der Waals surface area contributed by atoms with Crippen LogP contribution < -0.4 is 5.32 Å². The molecule has 0 radical (unpaired) electrons. The van der Waals surface area contributed by atoms with Gasteiger partial charge in [0.25, 0.3) is 0 Å². The van der Waals surface area contributed by atoms with Crippen LogP contribution in [0.3, 0.4) is 0 Å². The molecule has 1 aliphatic carbocycles. The summed E-state index contributed by atoms with van der Waals surface area (Å²) in [7, 11) is 0. The van der Waals surface area contributed by atoms with Gasteiger partial charge in [0.1, 0.15) is 18.0 Å². The van der Waals surface area contributed by atoms with Crippen LogP contribution in [0.5, 0.6) is 0 Å². The summed E-state index contributed by atoms with van der Waals surface area (Å²) in [5, 5.41) is 2.81. The highest BCUT2D eigenvalue weighted by Gasteiger charge is 2.29. The predicted molar refractivity (Wildman–Crippen MR) is 136 cm³/mol. The third-order valence-corrected chi connectivity index (χ3v) is 5.93. The summed E-state index contributed by atoms with van der Waals surface area (Å²) < 4.78 is 11.0. The number of carbonyl (C=O) groups is 2. The normalized spacial score (nSPS) is 12.6. The minimum atomic E-state index is -0.543. The molecule has 6 heteroatoms. The molecule has 1 aliphatic rings. The van der Waals surface area contributed by atoms with Crippen molar-refractivity contribution >= 4 is 17.9 Å². The summed E-state index contributed by atoms with van der Waals surface area (Å²) in [5.74, 6) is 0.224. The van der Waals surface area contributed by atoms with E-state index in [1.54, 1.807) is 0 Å². The third-order valence-electron chi connectivity index (χ3n) is 5.93. The molecular formula is C29H32N2O4. The Morgan fingerprint density at radius 2 is 1.57 bits per heavy atom. The second-order valence-electron chi connectivity index (χ2n) is 9.85. The zero-order valence-electron chi connectivity index (χ0n) is 20.8. The van der Waals surface area contributed by atoms with E-state index < -0.39 is 11.7 Å². The van der Waals surface area contributed by atoms with Gasteiger partial charge in [0, 0.05) is 18.0 Å². The van der Waals surface area contributed by atoms with Crippen molar-refractivity contribution in [3.8, 4) is 11.1 Å². The number of fused-ring (bicyclic) bond motifs is 3. The second kappa shape index (κ2) is 10.3. The highest BCUT2D eigenvalue weighted by atomic mass is 16.6. The fourth-order valence-electron chi connectivity index (χ4n) is 4.44. The van der Waals surface area contributed by atoms with Gasteiger partial charge in [-0.15, -0.1) is 0 Å². The van der Waals surface area contributed by atoms with E-state index in [0.717, 1.165) is 22.4 Å². The summed E-state index contributed by atoms with van der Waals surface area (Å²) in [6.07, 6.45) is 0.943. The molecule has 1 amide bonds. The van der Waals surface area contributed by atoms with Crippen LogP contribution in [0.25, 0.3) is 11.1 Å². The van der Waals surface area contributed by atoms with E-state index in [-0.39, 0.29) is 18.5 Å². The number of carbonyl (C=O) groups excluding carboxylic acids is 2. The third kappa shape index (κ3) is 6.07. The predicted octanol–water partition coefficient (Wildman–Crippen LogP) is 6.42. The van der Waals surface area contributed by atoms with Crippen molar-refractivity contribution in [1.82, 2.24) is 4.98 Å². The average Bonchev–Trinajstić information content (AvgIpc) is 3.12. The molecule has 1 aromatic heterocycles. The molecule has 0 bridgehead atoms. The second-order valence-corrected chi connectivity index (χ2v) is 9.85. The lowest BCUT2D eigenvalue weighted by Gasteiger charge is -2.19. The van der Waals surface area contributed by atoms with E-state index in [2.05, 4.69) is 34.6 Å². The van der Waals surface area contributed by atoms with Crippen molar-refractivity contribution in [3.63, 3.8) is 0 Å². The van der Waals surface area contributed by atoms with E-state index in [1.807, 2.05) is 64.1 Å². The Bertz CT molecular complexity index is 1180. The van der Waals surface area contributed by atoms with E-state index in [9.17, 15) is 9.59 Å². The number of benzene rings is 2. The molecule has 0 atom stereocenters. The van der Waals surface area contributed by atoms with Gasteiger partial charge < -0.3 is 9.47 Å². The lowest BCUT2D eigenvalue weighted by atomic mass is 9.98. The fourth-order valence-corrected chi connectivity index (χ4v) is 4.44. The monoisotopic (exact) mass is 472 g/mol. The zero-order valence-corrected chi connectivity index (χ0v) is 20.8. The van der Waals surface area contributed by atoms with E-state index >= 15 is 0 Å². The molecule has 1 N–H and O–H groups in total. The Morgan fingerprint density at radius 3 is 2.20 bits per heavy atom. The van der Waals surface area contributed by atoms with Gasteiger partial charge in [-0.1, -0.05) is 54.6 Å². The summed E-state index contributed by atoms with van der Waals surface area (Å²) in [6, 6.07) is 20.3. The van der Waals surface area contributed by atoms with E-state index in [0.29, 0.717) is 25.1 Å². The highest BCUT2D eigenvalue weighted by molar-refractivity contribution is 5.85. The first kappa shape index (κ1) is 24.5. The molecule has 35 heavy (non-hydrogen) atoms. The van der Waals surface area contributed by atoms with Gasteiger partial charge >= 0.3 is 12.1 Å². The van der Waals surface area contributed by atoms with E-state index in [4.69, 9.17) is 9.47 Å². The number of pyridine rings is 1. The molecule has 6 nitrogen and oxygen atoms in total. The van der Waals surface area contributed by atoms with Crippen LogP contribution in [0.2, 0.25) is 0 Å². The summed E-state index contributed by atoms with van der Waals surface area (Å²) in [4.78, 5) is 29.3. The lowest BCUT2D eigenvalue weighted by Crippen LogP contribution is -2.23. The van der Waals surface area contributed by atoms with Crippen LogP contribution in [0.1, 0.15) is 61.9 Å². The summed E-state index contributed by atoms with van der Waals surface area (Å²) >= 11 is 0. The number of ether oxygens (including phenoxy) is 2. The molecule has 3 aromatic rings. The molecule has 2 aromatic carbocycles. The number of esters is 1. The van der Waals surface area contributed by atoms with Crippen LogP contribution in [0, 0.1) is 6.92 Å². The maximum Gasteiger partial charge on any atom is 0.412 e.